The smallest absolute Gasteiger partial charge is 0.236 e. The van der Waals surface area contributed by atoms with Crippen molar-refractivity contribution in [3.63, 3.8) is 0 Å². The van der Waals surface area contributed by atoms with Crippen LogP contribution in [0.5, 0.6) is 0 Å². The summed E-state index contributed by atoms with van der Waals surface area (Å²) in [4.78, 5) is 14.3. The number of nitrogens with one attached hydrogen (secondary N) is 1. The Kier molecular flexibility index (Phi) is 6.27. The summed E-state index contributed by atoms with van der Waals surface area (Å²) in [6.07, 6.45) is 6.69. The summed E-state index contributed by atoms with van der Waals surface area (Å²) >= 11 is 0. The van der Waals surface area contributed by atoms with E-state index in [2.05, 4.69) is 30.6 Å². The number of amides is 1. The maximum absolute atomic E-state index is 12.2. The lowest BCUT2D eigenvalue weighted by Gasteiger charge is -2.30. The molecule has 0 aromatic rings. The minimum absolute atomic E-state index is 0.243. The third-order valence-electron chi connectivity index (χ3n) is 3.21. The zero-order valence-corrected chi connectivity index (χ0v) is 11.2. The fourth-order valence-corrected chi connectivity index (χ4v) is 2.45. The molecular formula is C14H26N2O. The Labute approximate surface area is 105 Å². The average Bonchev–Trinajstić information content (AvgIpc) is 2.79. The number of nitrogens with zero attached hydrogens (tertiary/aromatic N) is 1. The molecule has 3 nitrogen and oxygen atoms in total. The van der Waals surface area contributed by atoms with Crippen LogP contribution >= 0.6 is 0 Å². The van der Waals surface area contributed by atoms with Crippen molar-refractivity contribution >= 4 is 5.91 Å². The molecule has 1 amide bonds. The lowest BCUT2D eigenvalue weighted by atomic mass is 10.1. The predicted molar refractivity (Wildman–Crippen MR) is 71.9 cm³/mol. The van der Waals surface area contributed by atoms with Gasteiger partial charge < -0.3 is 10.2 Å². The van der Waals surface area contributed by atoms with Crippen molar-refractivity contribution in [2.24, 2.45) is 5.92 Å². The lowest BCUT2D eigenvalue weighted by Crippen LogP contribution is -2.45. The second-order valence-corrected chi connectivity index (χ2v) is 5.30. The molecule has 1 N–H and O–H groups in total. The van der Waals surface area contributed by atoms with Crippen molar-refractivity contribution < 1.29 is 4.79 Å². The maximum atomic E-state index is 12.2. The van der Waals surface area contributed by atoms with E-state index >= 15 is 0 Å². The third kappa shape index (κ3) is 4.90. The summed E-state index contributed by atoms with van der Waals surface area (Å²) in [5, 5.41) is 3.10. The van der Waals surface area contributed by atoms with Crippen LogP contribution in [0.15, 0.2) is 12.7 Å². The largest absolute Gasteiger partial charge is 0.338 e. The van der Waals surface area contributed by atoms with Crippen LogP contribution in [0.2, 0.25) is 0 Å². The zero-order chi connectivity index (χ0) is 12.7. The second-order valence-electron chi connectivity index (χ2n) is 5.30. The van der Waals surface area contributed by atoms with Crippen molar-refractivity contribution in [2.75, 3.05) is 19.6 Å². The van der Waals surface area contributed by atoms with E-state index in [9.17, 15) is 4.79 Å². The topological polar surface area (TPSA) is 32.3 Å². The second kappa shape index (κ2) is 7.49. The van der Waals surface area contributed by atoms with Gasteiger partial charge in [0.2, 0.25) is 5.91 Å². The highest BCUT2D eigenvalue weighted by atomic mass is 16.2. The molecule has 1 aliphatic carbocycles. The average molecular weight is 238 g/mol. The van der Waals surface area contributed by atoms with Gasteiger partial charge in [0, 0.05) is 19.1 Å². The van der Waals surface area contributed by atoms with Gasteiger partial charge in [-0.15, -0.1) is 6.58 Å². The van der Waals surface area contributed by atoms with Gasteiger partial charge in [-0.1, -0.05) is 32.8 Å². The lowest BCUT2D eigenvalue weighted by molar-refractivity contribution is -0.133. The van der Waals surface area contributed by atoms with Crippen molar-refractivity contribution in [3.8, 4) is 0 Å². The quantitative estimate of drug-likeness (QED) is 0.545. The van der Waals surface area contributed by atoms with Crippen LogP contribution in [0.3, 0.4) is 0 Å². The number of carbonyl (C=O) groups is 1. The molecule has 0 aliphatic heterocycles. The van der Waals surface area contributed by atoms with Crippen molar-refractivity contribution in [2.45, 2.75) is 45.6 Å². The van der Waals surface area contributed by atoms with Gasteiger partial charge in [-0.25, -0.2) is 0 Å². The van der Waals surface area contributed by atoms with Crippen molar-refractivity contribution in [1.29, 1.82) is 0 Å². The van der Waals surface area contributed by atoms with Crippen LogP contribution in [0.1, 0.15) is 39.5 Å². The highest BCUT2D eigenvalue weighted by molar-refractivity contribution is 5.78. The Morgan fingerprint density at radius 2 is 2.12 bits per heavy atom. The molecule has 0 atom stereocenters. The van der Waals surface area contributed by atoms with Crippen LogP contribution in [0, 0.1) is 5.92 Å². The number of rotatable bonds is 7. The highest BCUT2D eigenvalue weighted by Crippen LogP contribution is 2.24. The van der Waals surface area contributed by atoms with Crippen LogP contribution in [-0.2, 0) is 4.79 Å². The molecule has 1 saturated carbocycles. The van der Waals surface area contributed by atoms with E-state index in [1.807, 2.05) is 0 Å². The van der Waals surface area contributed by atoms with Crippen LogP contribution in [0.4, 0.5) is 0 Å². The van der Waals surface area contributed by atoms with Gasteiger partial charge in [0.05, 0.1) is 6.54 Å². The predicted octanol–water partition coefficient (Wildman–Crippen LogP) is 2.19. The van der Waals surface area contributed by atoms with Gasteiger partial charge in [-0.2, -0.15) is 0 Å². The van der Waals surface area contributed by atoms with Crippen LogP contribution in [0.25, 0.3) is 0 Å². The molecule has 17 heavy (non-hydrogen) atoms. The minimum atomic E-state index is 0.243. The molecule has 98 valence electrons. The summed E-state index contributed by atoms with van der Waals surface area (Å²) in [6.45, 7) is 10.0. The molecule has 1 rings (SSSR count). The first-order valence-corrected chi connectivity index (χ1v) is 6.76. The van der Waals surface area contributed by atoms with E-state index in [-0.39, 0.29) is 5.91 Å². The molecule has 1 fully saturated rings. The van der Waals surface area contributed by atoms with Gasteiger partial charge >= 0.3 is 0 Å². The summed E-state index contributed by atoms with van der Waals surface area (Å²) in [5.41, 5.74) is 0. The number of carbonyl (C=O) groups excluding carboxylic acids is 1. The summed E-state index contributed by atoms with van der Waals surface area (Å²) in [7, 11) is 0. The Morgan fingerprint density at radius 1 is 1.47 bits per heavy atom. The Bertz CT molecular complexity index is 245. The van der Waals surface area contributed by atoms with Gasteiger partial charge in [-0.3, -0.25) is 4.79 Å². The molecule has 0 aromatic heterocycles. The Morgan fingerprint density at radius 3 is 2.65 bits per heavy atom. The standard InChI is InChI=1S/C14H26N2O/c1-4-9-15-10-14(17)16(11-12(2)3)13-7-5-6-8-13/h4,12-13,15H,1,5-11H2,2-3H3. The molecule has 0 unspecified atom stereocenters. The molecule has 0 saturated heterocycles. The molecular weight excluding hydrogens is 212 g/mol. The maximum Gasteiger partial charge on any atom is 0.236 e. The van der Waals surface area contributed by atoms with E-state index in [4.69, 9.17) is 0 Å². The zero-order valence-electron chi connectivity index (χ0n) is 11.2. The first kappa shape index (κ1) is 14.2. The van der Waals surface area contributed by atoms with Crippen molar-refractivity contribution in [3.05, 3.63) is 12.7 Å². The van der Waals surface area contributed by atoms with E-state index in [1.165, 1.54) is 25.7 Å². The van der Waals surface area contributed by atoms with Gasteiger partial charge in [0.25, 0.3) is 0 Å². The Balaban J connectivity index is 2.48. The fourth-order valence-electron chi connectivity index (χ4n) is 2.45. The van der Waals surface area contributed by atoms with Crippen LogP contribution in [-0.4, -0.2) is 36.5 Å². The highest BCUT2D eigenvalue weighted by Gasteiger charge is 2.26. The molecule has 0 heterocycles. The fraction of sp³-hybridized carbons (Fsp3) is 0.786. The summed E-state index contributed by atoms with van der Waals surface area (Å²) in [6, 6.07) is 0.482. The van der Waals surface area contributed by atoms with E-state index in [0.717, 1.165) is 6.54 Å². The van der Waals surface area contributed by atoms with Gasteiger partial charge in [0.1, 0.15) is 0 Å². The normalized spacial score (nSPS) is 16.4. The van der Waals surface area contributed by atoms with E-state index in [0.29, 0.717) is 25.0 Å². The van der Waals surface area contributed by atoms with Gasteiger partial charge in [0.15, 0.2) is 0 Å². The molecule has 0 bridgehead atoms. The SMILES string of the molecule is C=CCNCC(=O)N(CC(C)C)C1CCCC1. The van der Waals surface area contributed by atoms with E-state index in [1.54, 1.807) is 6.08 Å². The Hall–Kier alpha value is -0.830. The molecule has 0 radical (unpaired) electrons. The molecule has 0 aromatic carbocycles. The molecule has 0 spiro atoms. The minimum Gasteiger partial charge on any atom is -0.338 e. The first-order valence-electron chi connectivity index (χ1n) is 6.76. The molecule has 3 heteroatoms. The van der Waals surface area contributed by atoms with Gasteiger partial charge in [-0.05, 0) is 18.8 Å². The summed E-state index contributed by atoms with van der Waals surface area (Å²) in [5.74, 6) is 0.784. The molecule has 1 aliphatic rings. The van der Waals surface area contributed by atoms with Crippen LogP contribution < -0.4 is 5.32 Å². The number of hydrogen-bond donors (Lipinski definition) is 1. The van der Waals surface area contributed by atoms with E-state index < -0.39 is 0 Å². The first-order chi connectivity index (χ1) is 8.15. The number of hydrogen-bond acceptors (Lipinski definition) is 2. The third-order valence-corrected chi connectivity index (χ3v) is 3.21. The van der Waals surface area contributed by atoms with Crippen molar-refractivity contribution in [1.82, 2.24) is 10.2 Å². The summed E-state index contributed by atoms with van der Waals surface area (Å²) < 4.78 is 0. The monoisotopic (exact) mass is 238 g/mol.